The summed E-state index contributed by atoms with van der Waals surface area (Å²) in [5.74, 6) is -0.598. The average molecular weight is 282 g/mol. The Labute approximate surface area is 119 Å². The lowest BCUT2D eigenvalue weighted by Crippen LogP contribution is -2.42. The first-order valence-electron chi connectivity index (χ1n) is 6.72. The number of benzene rings is 1. The second-order valence-electron chi connectivity index (χ2n) is 5.62. The number of hydrogen-bond donors (Lipinski definition) is 2. The van der Waals surface area contributed by atoms with E-state index in [0.717, 1.165) is 5.56 Å². The van der Waals surface area contributed by atoms with E-state index < -0.39 is 5.60 Å². The SMILES string of the molecule is CCN(CC(=O)Nc1cc(F)ccc1C)CC(C)(C)O. The number of halogens is 1. The Kier molecular flexibility index (Phi) is 5.65. The van der Waals surface area contributed by atoms with Gasteiger partial charge in [-0.1, -0.05) is 13.0 Å². The van der Waals surface area contributed by atoms with E-state index in [1.165, 1.54) is 12.1 Å². The number of rotatable bonds is 6. The molecule has 1 rings (SSSR count). The first kappa shape index (κ1) is 16.6. The summed E-state index contributed by atoms with van der Waals surface area (Å²) >= 11 is 0. The smallest absolute Gasteiger partial charge is 0.238 e. The monoisotopic (exact) mass is 282 g/mol. The van der Waals surface area contributed by atoms with Gasteiger partial charge in [0.1, 0.15) is 5.82 Å². The lowest BCUT2D eigenvalue weighted by molar-refractivity contribution is -0.117. The molecule has 2 N–H and O–H groups in total. The molecule has 0 bridgehead atoms. The summed E-state index contributed by atoms with van der Waals surface area (Å²) in [7, 11) is 0. The molecule has 4 nitrogen and oxygen atoms in total. The number of carbonyl (C=O) groups excluding carboxylic acids is 1. The van der Waals surface area contributed by atoms with Crippen molar-refractivity contribution in [3.8, 4) is 0 Å². The van der Waals surface area contributed by atoms with E-state index in [1.54, 1.807) is 19.9 Å². The van der Waals surface area contributed by atoms with Crippen LogP contribution in [0.3, 0.4) is 0 Å². The average Bonchev–Trinajstić information content (AvgIpc) is 2.31. The molecule has 0 saturated heterocycles. The van der Waals surface area contributed by atoms with Crippen LogP contribution in [-0.4, -0.2) is 41.1 Å². The van der Waals surface area contributed by atoms with Crippen LogP contribution in [0.5, 0.6) is 0 Å². The molecular weight excluding hydrogens is 259 g/mol. The van der Waals surface area contributed by atoms with Gasteiger partial charge in [0.2, 0.25) is 5.91 Å². The molecule has 0 spiro atoms. The number of aryl methyl sites for hydroxylation is 1. The predicted molar refractivity (Wildman–Crippen MR) is 78.2 cm³/mol. The Morgan fingerprint density at radius 2 is 2.10 bits per heavy atom. The summed E-state index contributed by atoms with van der Waals surface area (Å²) in [5.41, 5.74) is 0.435. The van der Waals surface area contributed by atoms with Gasteiger partial charge < -0.3 is 10.4 Å². The lowest BCUT2D eigenvalue weighted by atomic mass is 10.1. The summed E-state index contributed by atoms with van der Waals surface area (Å²) in [6, 6.07) is 4.29. The molecule has 0 radical (unpaired) electrons. The van der Waals surface area contributed by atoms with Crippen molar-refractivity contribution in [3.63, 3.8) is 0 Å². The molecule has 112 valence electrons. The zero-order chi connectivity index (χ0) is 15.3. The molecule has 0 fully saturated rings. The second-order valence-corrected chi connectivity index (χ2v) is 5.62. The molecule has 5 heteroatoms. The van der Waals surface area contributed by atoms with E-state index >= 15 is 0 Å². The Morgan fingerprint density at radius 3 is 2.65 bits per heavy atom. The highest BCUT2D eigenvalue weighted by atomic mass is 19.1. The van der Waals surface area contributed by atoms with Gasteiger partial charge in [-0.3, -0.25) is 9.69 Å². The van der Waals surface area contributed by atoms with Crippen molar-refractivity contribution in [2.24, 2.45) is 0 Å². The number of aliphatic hydroxyl groups is 1. The quantitative estimate of drug-likeness (QED) is 0.840. The van der Waals surface area contributed by atoms with Gasteiger partial charge in [-0.05, 0) is 45.0 Å². The van der Waals surface area contributed by atoms with E-state index in [0.29, 0.717) is 18.8 Å². The first-order chi connectivity index (χ1) is 9.21. The Morgan fingerprint density at radius 1 is 1.45 bits per heavy atom. The third kappa shape index (κ3) is 5.67. The maximum Gasteiger partial charge on any atom is 0.238 e. The van der Waals surface area contributed by atoms with Crippen LogP contribution in [0.1, 0.15) is 26.3 Å². The molecule has 0 saturated carbocycles. The summed E-state index contributed by atoms with van der Waals surface area (Å²) in [6.07, 6.45) is 0. The summed E-state index contributed by atoms with van der Waals surface area (Å²) in [6.45, 7) is 8.35. The van der Waals surface area contributed by atoms with Crippen molar-refractivity contribution < 1.29 is 14.3 Å². The van der Waals surface area contributed by atoms with Gasteiger partial charge >= 0.3 is 0 Å². The van der Waals surface area contributed by atoms with E-state index in [1.807, 2.05) is 18.7 Å². The van der Waals surface area contributed by atoms with Crippen LogP contribution in [0.4, 0.5) is 10.1 Å². The molecule has 0 aliphatic carbocycles. The topological polar surface area (TPSA) is 52.6 Å². The molecule has 0 aromatic heterocycles. The van der Waals surface area contributed by atoms with Crippen molar-refractivity contribution in [2.75, 3.05) is 25.0 Å². The Bertz CT molecular complexity index is 469. The predicted octanol–water partition coefficient (Wildman–Crippen LogP) is 2.17. The minimum atomic E-state index is -0.856. The third-order valence-electron chi connectivity index (χ3n) is 2.90. The van der Waals surface area contributed by atoms with E-state index in [-0.39, 0.29) is 18.3 Å². The molecule has 0 atom stereocenters. The number of nitrogens with zero attached hydrogens (tertiary/aromatic N) is 1. The van der Waals surface area contributed by atoms with Crippen LogP contribution < -0.4 is 5.32 Å². The van der Waals surface area contributed by atoms with Crippen LogP contribution in [0.15, 0.2) is 18.2 Å². The first-order valence-corrected chi connectivity index (χ1v) is 6.72. The summed E-state index contributed by atoms with van der Waals surface area (Å²) in [5, 5.41) is 12.5. The second kappa shape index (κ2) is 6.81. The minimum absolute atomic E-state index is 0.163. The van der Waals surface area contributed by atoms with Gasteiger partial charge in [-0.2, -0.15) is 0 Å². The van der Waals surface area contributed by atoms with Crippen LogP contribution >= 0.6 is 0 Å². The van der Waals surface area contributed by atoms with Gasteiger partial charge in [-0.15, -0.1) is 0 Å². The normalized spacial score (nSPS) is 11.8. The van der Waals surface area contributed by atoms with Crippen LogP contribution in [0.25, 0.3) is 0 Å². The number of carbonyl (C=O) groups is 1. The maximum atomic E-state index is 13.2. The van der Waals surface area contributed by atoms with Gasteiger partial charge in [0.25, 0.3) is 0 Å². The molecule has 0 aliphatic rings. The fourth-order valence-electron chi connectivity index (χ4n) is 1.95. The molecule has 0 aliphatic heterocycles. The fraction of sp³-hybridized carbons (Fsp3) is 0.533. The van der Waals surface area contributed by atoms with Crippen LogP contribution in [-0.2, 0) is 4.79 Å². The molecule has 0 heterocycles. The van der Waals surface area contributed by atoms with Crippen molar-refractivity contribution in [1.29, 1.82) is 0 Å². The molecule has 1 amide bonds. The van der Waals surface area contributed by atoms with Crippen molar-refractivity contribution in [3.05, 3.63) is 29.6 Å². The van der Waals surface area contributed by atoms with Crippen molar-refractivity contribution in [2.45, 2.75) is 33.3 Å². The number of nitrogens with one attached hydrogen (secondary N) is 1. The maximum absolute atomic E-state index is 13.2. The zero-order valence-corrected chi connectivity index (χ0v) is 12.5. The standard InChI is InChI=1S/C15H23FN2O2/c1-5-18(10-15(3,4)20)9-14(19)17-13-8-12(16)7-6-11(13)2/h6-8,20H,5,9-10H2,1-4H3,(H,17,19). The van der Waals surface area contributed by atoms with E-state index in [9.17, 15) is 14.3 Å². The molecule has 20 heavy (non-hydrogen) atoms. The van der Waals surface area contributed by atoms with Gasteiger partial charge in [-0.25, -0.2) is 4.39 Å². The number of hydrogen-bond acceptors (Lipinski definition) is 3. The highest BCUT2D eigenvalue weighted by molar-refractivity contribution is 5.92. The number of likely N-dealkylation sites (N-methyl/N-ethyl adjacent to an activating group) is 1. The van der Waals surface area contributed by atoms with E-state index in [4.69, 9.17) is 0 Å². The molecule has 1 aromatic carbocycles. The van der Waals surface area contributed by atoms with Crippen LogP contribution in [0, 0.1) is 12.7 Å². The minimum Gasteiger partial charge on any atom is -0.389 e. The van der Waals surface area contributed by atoms with Gasteiger partial charge in [0, 0.05) is 12.2 Å². The van der Waals surface area contributed by atoms with Crippen LogP contribution in [0.2, 0.25) is 0 Å². The summed E-state index contributed by atoms with van der Waals surface area (Å²) in [4.78, 5) is 13.8. The fourth-order valence-corrected chi connectivity index (χ4v) is 1.95. The Hall–Kier alpha value is -1.46. The highest BCUT2D eigenvalue weighted by Gasteiger charge is 2.19. The van der Waals surface area contributed by atoms with Crippen molar-refractivity contribution in [1.82, 2.24) is 4.90 Å². The van der Waals surface area contributed by atoms with Gasteiger partial charge in [0.15, 0.2) is 0 Å². The largest absolute Gasteiger partial charge is 0.389 e. The number of anilines is 1. The third-order valence-corrected chi connectivity index (χ3v) is 2.90. The van der Waals surface area contributed by atoms with Gasteiger partial charge in [0.05, 0.1) is 12.1 Å². The highest BCUT2D eigenvalue weighted by Crippen LogP contribution is 2.16. The van der Waals surface area contributed by atoms with Crippen molar-refractivity contribution >= 4 is 11.6 Å². The molecule has 1 aromatic rings. The Balaban J connectivity index is 2.64. The molecule has 0 unspecified atom stereocenters. The zero-order valence-electron chi connectivity index (χ0n) is 12.5. The molecular formula is C15H23FN2O2. The number of amides is 1. The lowest BCUT2D eigenvalue weighted by Gasteiger charge is -2.27. The van der Waals surface area contributed by atoms with E-state index in [2.05, 4.69) is 5.32 Å². The summed E-state index contributed by atoms with van der Waals surface area (Å²) < 4.78 is 13.2.